The molecule has 1 aromatic carbocycles. The predicted octanol–water partition coefficient (Wildman–Crippen LogP) is 4.25. The largest absolute Gasteiger partial charge is 0.416 e. The van der Waals surface area contributed by atoms with Crippen LogP contribution in [-0.4, -0.2) is 4.98 Å². The van der Waals surface area contributed by atoms with Gasteiger partial charge in [-0.15, -0.1) is 11.3 Å². The number of aromatic nitrogens is 1. The van der Waals surface area contributed by atoms with Gasteiger partial charge >= 0.3 is 6.18 Å². The third-order valence-electron chi connectivity index (χ3n) is 2.27. The smallest absolute Gasteiger partial charge is 0.309 e. The first-order valence-corrected chi connectivity index (χ1v) is 5.84. The van der Waals surface area contributed by atoms with Crippen molar-refractivity contribution >= 4 is 11.3 Å². The average Bonchev–Trinajstić information content (AvgIpc) is 2.77. The Bertz CT molecular complexity index is 579. The zero-order chi connectivity index (χ0) is 13.2. The molecule has 0 aliphatic rings. The Kier molecular flexibility index (Phi) is 3.34. The van der Waals surface area contributed by atoms with Crippen molar-refractivity contribution in [2.24, 2.45) is 0 Å². The molecule has 2 nitrogen and oxygen atoms in total. The molecule has 0 aliphatic heterocycles. The molecule has 18 heavy (non-hydrogen) atoms. The first kappa shape index (κ1) is 12.6. The first-order valence-electron chi connectivity index (χ1n) is 4.96. The highest BCUT2D eigenvalue weighted by atomic mass is 32.1. The predicted molar refractivity (Wildman–Crippen MR) is 62.9 cm³/mol. The molecule has 0 fully saturated rings. The molecule has 0 N–H and O–H groups in total. The fraction of sp³-hybridized carbons (Fsp3) is 0.167. The molecule has 0 spiro atoms. The highest BCUT2D eigenvalue weighted by Crippen LogP contribution is 2.31. The van der Waals surface area contributed by atoms with E-state index in [1.165, 1.54) is 23.5 Å². The third-order valence-corrected chi connectivity index (χ3v) is 3.11. The van der Waals surface area contributed by atoms with E-state index >= 15 is 0 Å². The van der Waals surface area contributed by atoms with Gasteiger partial charge in [0.05, 0.1) is 11.3 Å². The fourth-order valence-electron chi connectivity index (χ4n) is 1.41. The lowest BCUT2D eigenvalue weighted by Crippen LogP contribution is -2.03. The van der Waals surface area contributed by atoms with Gasteiger partial charge in [0.1, 0.15) is 0 Å². The molecule has 0 aliphatic carbocycles. The van der Waals surface area contributed by atoms with E-state index in [0.717, 1.165) is 12.1 Å². The Morgan fingerprint density at radius 1 is 1.22 bits per heavy atom. The van der Waals surface area contributed by atoms with Crippen LogP contribution in [0.1, 0.15) is 10.6 Å². The summed E-state index contributed by atoms with van der Waals surface area (Å²) in [6.07, 6.45) is -4.32. The van der Waals surface area contributed by atoms with Gasteiger partial charge in [-0.1, -0.05) is 12.1 Å². The molecule has 2 aromatic rings. The maximum absolute atomic E-state index is 12.4. The summed E-state index contributed by atoms with van der Waals surface area (Å²) in [5, 5.41) is 2.41. The van der Waals surface area contributed by atoms with Gasteiger partial charge in [-0.2, -0.15) is 13.2 Å². The SMILES string of the molecule is [C-]#[N+]Cc1nc(-c2ccc(C(F)(F)F)cc2)cs1. The third kappa shape index (κ3) is 2.68. The van der Waals surface area contributed by atoms with Crippen LogP contribution in [0.3, 0.4) is 0 Å². The van der Waals surface area contributed by atoms with Gasteiger partial charge in [-0.05, 0) is 12.1 Å². The molecular weight excluding hydrogens is 261 g/mol. The fourth-order valence-corrected chi connectivity index (χ4v) is 2.14. The number of benzene rings is 1. The standard InChI is InChI=1S/C12H7F3N2S/c1-16-6-11-17-10(7-18-11)8-2-4-9(5-3-8)12(13,14)15/h2-5,7H,6H2. The Morgan fingerprint density at radius 2 is 1.89 bits per heavy atom. The van der Waals surface area contributed by atoms with E-state index in [9.17, 15) is 13.2 Å². The zero-order valence-corrected chi connectivity index (χ0v) is 9.85. The normalized spacial score (nSPS) is 11.2. The van der Waals surface area contributed by atoms with E-state index in [4.69, 9.17) is 6.57 Å². The molecule has 92 valence electrons. The van der Waals surface area contributed by atoms with Gasteiger partial charge in [-0.3, -0.25) is 0 Å². The summed E-state index contributed by atoms with van der Waals surface area (Å²) >= 11 is 1.33. The topological polar surface area (TPSA) is 17.2 Å². The van der Waals surface area contributed by atoms with Crippen molar-refractivity contribution in [3.63, 3.8) is 0 Å². The molecule has 2 rings (SSSR count). The lowest BCUT2D eigenvalue weighted by atomic mass is 10.1. The number of hydrogen-bond acceptors (Lipinski definition) is 2. The number of alkyl halides is 3. The van der Waals surface area contributed by atoms with Crippen LogP contribution in [0.25, 0.3) is 16.1 Å². The molecule has 0 saturated carbocycles. The molecule has 1 heterocycles. The van der Waals surface area contributed by atoms with Gasteiger partial charge in [0.2, 0.25) is 0 Å². The summed E-state index contributed by atoms with van der Waals surface area (Å²) in [6, 6.07) is 4.84. The quantitative estimate of drug-likeness (QED) is 0.744. The Labute approximate surface area is 106 Å². The number of hydrogen-bond donors (Lipinski definition) is 0. The second-order valence-corrected chi connectivity index (χ2v) is 4.46. The molecule has 0 saturated heterocycles. The molecule has 0 unspecified atom stereocenters. The monoisotopic (exact) mass is 268 g/mol. The van der Waals surface area contributed by atoms with E-state index in [2.05, 4.69) is 9.83 Å². The summed E-state index contributed by atoms with van der Waals surface area (Å²) < 4.78 is 37.1. The minimum atomic E-state index is -4.32. The van der Waals surface area contributed by atoms with Crippen molar-refractivity contribution in [3.05, 3.63) is 51.6 Å². The molecule has 0 radical (unpaired) electrons. The van der Waals surface area contributed by atoms with Gasteiger partial charge in [0.25, 0.3) is 6.54 Å². The Hall–Kier alpha value is -1.87. The van der Waals surface area contributed by atoms with Crippen molar-refractivity contribution in [1.82, 2.24) is 4.98 Å². The van der Waals surface area contributed by atoms with Crippen molar-refractivity contribution < 1.29 is 13.2 Å². The van der Waals surface area contributed by atoms with Crippen molar-refractivity contribution in [1.29, 1.82) is 0 Å². The van der Waals surface area contributed by atoms with Crippen LogP contribution in [0.15, 0.2) is 29.6 Å². The minimum absolute atomic E-state index is 0.200. The lowest BCUT2D eigenvalue weighted by molar-refractivity contribution is -0.137. The van der Waals surface area contributed by atoms with E-state index in [0.29, 0.717) is 16.3 Å². The molecule has 0 amide bonds. The van der Waals surface area contributed by atoms with Gasteiger partial charge < -0.3 is 4.85 Å². The van der Waals surface area contributed by atoms with Crippen LogP contribution >= 0.6 is 11.3 Å². The van der Waals surface area contributed by atoms with E-state index in [1.54, 1.807) is 5.38 Å². The van der Waals surface area contributed by atoms with Crippen molar-refractivity contribution in [2.45, 2.75) is 12.7 Å². The summed E-state index contributed by atoms with van der Waals surface area (Å²) in [4.78, 5) is 7.39. The van der Waals surface area contributed by atoms with Crippen molar-refractivity contribution in [3.8, 4) is 11.3 Å². The minimum Gasteiger partial charge on any atom is -0.309 e. The highest BCUT2D eigenvalue weighted by molar-refractivity contribution is 7.09. The van der Waals surface area contributed by atoms with Crippen LogP contribution in [0.4, 0.5) is 13.2 Å². The summed E-state index contributed by atoms with van der Waals surface area (Å²) in [5.74, 6) is 0. The molecular formula is C12H7F3N2S. The highest BCUT2D eigenvalue weighted by Gasteiger charge is 2.30. The number of nitrogens with zero attached hydrogens (tertiary/aromatic N) is 2. The summed E-state index contributed by atoms with van der Waals surface area (Å²) in [5.41, 5.74) is 0.547. The molecule has 6 heteroatoms. The number of thiazole rings is 1. The second-order valence-electron chi connectivity index (χ2n) is 3.52. The van der Waals surface area contributed by atoms with Crippen molar-refractivity contribution in [2.75, 3.05) is 0 Å². The lowest BCUT2D eigenvalue weighted by Gasteiger charge is -2.06. The molecule has 0 bridgehead atoms. The number of rotatable bonds is 2. The Balaban J connectivity index is 2.26. The maximum Gasteiger partial charge on any atom is 0.416 e. The first-order chi connectivity index (χ1) is 8.50. The van der Waals surface area contributed by atoms with Gasteiger partial charge in [0, 0.05) is 10.9 Å². The van der Waals surface area contributed by atoms with Crippen LogP contribution in [0.5, 0.6) is 0 Å². The summed E-state index contributed by atoms with van der Waals surface area (Å²) in [7, 11) is 0. The van der Waals surface area contributed by atoms with E-state index < -0.39 is 11.7 Å². The molecule has 1 aromatic heterocycles. The molecule has 0 atom stereocenters. The number of halogens is 3. The van der Waals surface area contributed by atoms with Crippen LogP contribution in [0.2, 0.25) is 0 Å². The Morgan fingerprint density at radius 3 is 2.44 bits per heavy atom. The zero-order valence-electron chi connectivity index (χ0n) is 9.03. The maximum atomic E-state index is 12.4. The van der Waals surface area contributed by atoms with Gasteiger partial charge in [0.15, 0.2) is 5.01 Å². The van der Waals surface area contributed by atoms with E-state index in [1.807, 2.05) is 0 Å². The van der Waals surface area contributed by atoms with Gasteiger partial charge in [-0.25, -0.2) is 11.6 Å². The average molecular weight is 268 g/mol. The van der Waals surface area contributed by atoms with Crippen LogP contribution in [0, 0.1) is 6.57 Å². The van der Waals surface area contributed by atoms with E-state index in [-0.39, 0.29) is 6.54 Å². The van der Waals surface area contributed by atoms with Crippen LogP contribution in [-0.2, 0) is 12.7 Å². The summed E-state index contributed by atoms with van der Waals surface area (Å²) in [6.45, 7) is 6.92. The van der Waals surface area contributed by atoms with Crippen LogP contribution < -0.4 is 0 Å². The second kappa shape index (κ2) is 4.78.